The molecule has 164 valence electrons. The van der Waals surface area contributed by atoms with Gasteiger partial charge in [-0.1, -0.05) is 12.1 Å². The SMILES string of the molecule is CCOc1ccccc1NC(=O)C(O)[C@H]1O[C@@H](n2cnc3c(N)ncnc32)[C@H](O)[C@@H]1O. The summed E-state index contributed by atoms with van der Waals surface area (Å²) in [7, 11) is 0. The summed E-state index contributed by atoms with van der Waals surface area (Å²) in [4.78, 5) is 24.6. The fraction of sp³-hybridized carbons (Fsp3) is 0.368. The monoisotopic (exact) mass is 430 g/mol. The molecule has 0 radical (unpaired) electrons. The molecule has 1 amide bonds. The molecule has 6 N–H and O–H groups in total. The van der Waals surface area contributed by atoms with E-state index < -0.39 is 36.6 Å². The Morgan fingerprint density at radius 3 is 2.84 bits per heavy atom. The highest BCUT2D eigenvalue weighted by molar-refractivity contribution is 5.95. The number of aliphatic hydroxyl groups is 3. The van der Waals surface area contributed by atoms with Gasteiger partial charge >= 0.3 is 0 Å². The Morgan fingerprint density at radius 1 is 1.29 bits per heavy atom. The molecule has 3 heterocycles. The van der Waals surface area contributed by atoms with Crippen molar-refractivity contribution in [3.05, 3.63) is 36.9 Å². The van der Waals surface area contributed by atoms with Crippen molar-refractivity contribution in [1.82, 2.24) is 19.5 Å². The number of aliphatic hydroxyl groups excluding tert-OH is 3. The number of rotatable bonds is 6. The van der Waals surface area contributed by atoms with Crippen LogP contribution in [0.25, 0.3) is 11.2 Å². The summed E-state index contributed by atoms with van der Waals surface area (Å²) in [5, 5.41) is 34.0. The molecule has 1 aliphatic rings. The molecule has 1 aromatic carbocycles. The van der Waals surface area contributed by atoms with Crippen LogP contribution in [0.1, 0.15) is 13.2 Å². The van der Waals surface area contributed by atoms with E-state index in [4.69, 9.17) is 15.2 Å². The lowest BCUT2D eigenvalue weighted by molar-refractivity contribution is -0.138. The largest absolute Gasteiger partial charge is 0.492 e. The zero-order chi connectivity index (χ0) is 22.1. The molecule has 1 fully saturated rings. The summed E-state index contributed by atoms with van der Waals surface area (Å²) in [6.07, 6.45) is -4.81. The van der Waals surface area contributed by atoms with Crippen LogP contribution >= 0.6 is 0 Å². The molecule has 1 saturated heterocycles. The van der Waals surface area contributed by atoms with Gasteiger partial charge in [-0.25, -0.2) is 15.0 Å². The van der Waals surface area contributed by atoms with Gasteiger partial charge in [0.05, 0.1) is 18.6 Å². The lowest BCUT2D eigenvalue weighted by atomic mass is 10.0. The van der Waals surface area contributed by atoms with Crippen LogP contribution in [-0.2, 0) is 9.53 Å². The number of carbonyl (C=O) groups is 1. The Balaban J connectivity index is 1.53. The van der Waals surface area contributed by atoms with Crippen LogP contribution in [0.5, 0.6) is 5.75 Å². The van der Waals surface area contributed by atoms with E-state index in [0.29, 0.717) is 23.6 Å². The minimum Gasteiger partial charge on any atom is -0.492 e. The van der Waals surface area contributed by atoms with Crippen molar-refractivity contribution in [3.8, 4) is 5.75 Å². The standard InChI is InChI=1S/C19H22N6O6/c1-2-30-10-6-4-3-5-9(10)24-18(29)14(28)15-12(26)13(27)19(31-15)25-8-23-11-16(20)21-7-22-17(11)25/h3-8,12-15,19,26-28H,2H2,1H3,(H,24,29)(H2,20,21,22)/t12-,13+,14?,15-,19+/m0/s1. The van der Waals surface area contributed by atoms with Crippen molar-refractivity contribution >= 4 is 28.6 Å². The molecule has 31 heavy (non-hydrogen) atoms. The fourth-order valence-electron chi connectivity index (χ4n) is 3.44. The predicted molar refractivity (Wildman–Crippen MR) is 108 cm³/mol. The second kappa shape index (κ2) is 8.43. The first-order chi connectivity index (χ1) is 14.9. The van der Waals surface area contributed by atoms with Crippen molar-refractivity contribution in [2.24, 2.45) is 0 Å². The normalized spacial score (nSPS) is 24.3. The van der Waals surface area contributed by atoms with E-state index in [1.54, 1.807) is 31.2 Å². The maximum Gasteiger partial charge on any atom is 0.256 e. The summed E-state index contributed by atoms with van der Waals surface area (Å²) in [6.45, 7) is 2.19. The second-order valence-corrected chi connectivity index (χ2v) is 6.92. The van der Waals surface area contributed by atoms with Crippen molar-refractivity contribution in [2.75, 3.05) is 17.7 Å². The first-order valence-corrected chi connectivity index (χ1v) is 9.57. The van der Waals surface area contributed by atoms with Gasteiger partial charge in [-0.15, -0.1) is 0 Å². The molecule has 0 spiro atoms. The number of ether oxygens (including phenoxy) is 2. The quantitative estimate of drug-likeness (QED) is 0.340. The van der Waals surface area contributed by atoms with Crippen molar-refractivity contribution in [3.63, 3.8) is 0 Å². The number of para-hydroxylation sites is 2. The molecular weight excluding hydrogens is 408 g/mol. The molecule has 5 atom stereocenters. The number of hydrogen-bond acceptors (Lipinski definition) is 10. The number of aromatic nitrogens is 4. The Bertz CT molecular complexity index is 1090. The van der Waals surface area contributed by atoms with Crippen LogP contribution in [0.3, 0.4) is 0 Å². The number of imidazole rings is 1. The predicted octanol–water partition coefficient (Wildman–Crippen LogP) is -0.574. The molecule has 12 nitrogen and oxygen atoms in total. The van der Waals surface area contributed by atoms with Crippen LogP contribution < -0.4 is 15.8 Å². The van der Waals surface area contributed by atoms with E-state index >= 15 is 0 Å². The number of carbonyl (C=O) groups excluding carboxylic acids is 1. The van der Waals surface area contributed by atoms with E-state index in [0.717, 1.165) is 0 Å². The lowest BCUT2D eigenvalue weighted by Crippen LogP contribution is -2.45. The van der Waals surface area contributed by atoms with E-state index in [-0.39, 0.29) is 11.5 Å². The first kappa shape index (κ1) is 20.9. The number of benzene rings is 1. The van der Waals surface area contributed by atoms with Crippen LogP contribution in [0.15, 0.2) is 36.9 Å². The number of anilines is 2. The molecule has 4 rings (SSSR count). The summed E-state index contributed by atoms with van der Waals surface area (Å²) >= 11 is 0. The van der Waals surface area contributed by atoms with Gasteiger partial charge in [-0.2, -0.15) is 0 Å². The van der Waals surface area contributed by atoms with Crippen LogP contribution in [0, 0.1) is 0 Å². The lowest BCUT2D eigenvalue weighted by Gasteiger charge is -2.21. The Hall–Kier alpha value is -3.32. The average Bonchev–Trinajstić information content (AvgIpc) is 3.31. The Labute approximate surface area is 176 Å². The maximum absolute atomic E-state index is 12.6. The summed E-state index contributed by atoms with van der Waals surface area (Å²) < 4.78 is 12.5. The average molecular weight is 430 g/mol. The molecule has 1 unspecified atom stereocenters. The molecule has 0 aliphatic carbocycles. The first-order valence-electron chi connectivity index (χ1n) is 9.57. The molecule has 12 heteroatoms. The molecule has 0 bridgehead atoms. The molecular formula is C19H22N6O6. The van der Waals surface area contributed by atoms with Crippen LogP contribution in [-0.4, -0.2) is 71.8 Å². The van der Waals surface area contributed by atoms with E-state index in [9.17, 15) is 20.1 Å². The van der Waals surface area contributed by atoms with E-state index in [1.807, 2.05) is 0 Å². The minimum atomic E-state index is -1.78. The number of nitrogens with two attached hydrogens (primary N) is 1. The second-order valence-electron chi connectivity index (χ2n) is 6.92. The smallest absolute Gasteiger partial charge is 0.256 e. The van der Waals surface area contributed by atoms with Crippen LogP contribution in [0.2, 0.25) is 0 Å². The third-order valence-electron chi connectivity index (χ3n) is 4.96. The van der Waals surface area contributed by atoms with Crippen molar-refractivity contribution in [2.45, 2.75) is 37.6 Å². The summed E-state index contributed by atoms with van der Waals surface area (Å²) in [5.74, 6) is -0.259. The number of fused-ring (bicyclic) bond motifs is 1. The zero-order valence-electron chi connectivity index (χ0n) is 16.5. The van der Waals surface area contributed by atoms with Gasteiger partial charge in [0.1, 0.15) is 35.9 Å². The van der Waals surface area contributed by atoms with Crippen molar-refractivity contribution < 1.29 is 29.6 Å². The van der Waals surface area contributed by atoms with Gasteiger partial charge in [0.2, 0.25) is 0 Å². The Morgan fingerprint density at radius 2 is 2.06 bits per heavy atom. The maximum atomic E-state index is 12.6. The molecule has 2 aromatic heterocycles. The number of hydrogen-bond donors (Lipinski definition) is 5. The van der Waals surface area contributed by atoms with Crippen molar-refractivity contribution in [1.29, 1.82) is 0 Å². The van der Waals surface area contributed by atoms with E-state index in [2.05, 4.69) is 20.3 Å². The van der Waals surface area contributed by atoms with Gasteiger partial charge in [0, 0.05) is 0 Å². The van der Waals surface area contributed by atoms with Gasteiger partial charge in [-0.3, -0.25) is 9.36 Å². The highest BCUT2D eigenvalue weighted by Crippen LogP contribution is 2.34. The third kappa shape index (κ3) is 3.77. The molecule has 3 aromatic rings. The van der Waals surface area contributed by atoms with E-state index in [1.165, 1.54) is 17.2 Å². The molecule has 1 aliphatic heterocycles. The van der Waals surface area contributed by atoms with Crippen LogP contribution in [0.4, 0.5) is 11.5 Å². The highest BCUT2D eigenvalue weighted by Gasteiger charge is 2.49. The van der Waals surface area contributed by atoms with Gasteiger partial charge in [-0.05, 0) is 19.1 Å². The minimum absolute atomic E-state index is 0.140. The number of nitrogens with one attached hydrogen (secondary N) is 1. The topological polar surface area (TPSA) is 178 Å². The zero-order valence-corrected chi connectivity index (χ0v) is 16.5. The number of nitrogens with zero attached hydrogens (tertiary/aromatic N) is 4. The third-order valence-corrected chi connectivity index (χ3v) is 4.96. The summed E-state index contributed by atoms with van der Waals surface area (Å²) in [6, 6.07) is 6.72. The molecule has 0 saturated carbocycles. The highest BCUT2D eigenvalue weighted by atomic mass is 16.6. The fourth-order valence-corrected chi connectivity index (χ4v) is 3.44. The number of nitrogen functional groups attached to an aromatic ring is 1. The number of amides is 1. The van der Waals surface area contributed by atoms with Gasteiger partial charge in [0.25, 0.3) is 5.91 Å². The summed E-state index contributed by atoms with van der Waals surface area (Å²) in [5.41, 5.74) is 6.69. The van der Waals surface area contributed by atoms with Gasteiger partial charge < -0.3 is 35.8 Å². The Kier molecular flexibility index (Phi) is 5.69. The van der Waals surface area contributed by atoms with Gasteiger partial charge in [0.15, 0.2) is 23.8 Å².